The van der Waals surface area contributed by atoms with E-state index in [1.807, 2.05) is 0 Å². The second-order valence-electron chi connectivity index (χ2n) is 3.79. The van der Waals surface area contributed by atoms with Gasteiger partial charge in [0.15, 0.2) is 0 Å². The van der Waals surface area contributed by atoms with E-state index in [1.54, 1.807) is 7.11 Å². The van der Waals surface area contributed by atoms with E-state index in [-0.39, 0.29) is 0 Å². The summed E-state index contributed by atoms with van der Waals surface area (Å²) in [5.41, 5.74) is 5.76. The van der Waals surface area contributed by atoms with Gasteiger partial charge in [-0.25, -0.2) is 0 Å². The lowest BCUT2D eigenvalue weighted by Gasteiger charge is -2.15. The first-order valence-corrected chi connectivity index (χ1v) is 4.88. The van der Waals surface area contributed by atoms with E-state index < -0.39 is 6.10 Å². The second kappa shape index (κ2) is 5.54. The lowest BCUT2D eigenvalue weighted by molar-refractivity contribution is 0.0628. The minimum absolute atomic E-state index is 0.345. The SMILES string of the molecule is COCC(O)CNC1CCC(N)C1. The molecule has 4 N–H and O–H groups in total. The van der Waals surface area contributed by atoms with Crippen molar-refractivity contribution >= 4 is 0 Å². The molecule has 1 saturated carbocycles. The van der Waals surface area contributed by atoms with Gasteiger partial charge in [0.05, 0.1) is 12.7 Å². The third-order valence-electron chi connectivity index (χ3n) is 2.47. The standard InChI is InChI=1S/C9H20N2O2/c1-13-6-9(12)5-11-8-3-2-7(10)4-8/h7-9,11-12H,2-6,10H2,1H3. The largest absolute Gasteiger partial charge is 0.389 e. The van der Waals surface area contributed by atoms with E-state index in [0.29, 0.717) is 25.2 Å². The Kier molecular flexibility index (Phi) is 4.66. The van der Waals surface area contributed by atoms with Crippen molar-refractivity contribution in [2.24, 2.45) is 5.73 Å². The van der Waals surface area contributed by atoms with E-state index in [1.165, 1.54) is 0 Å². The summed E-state index contributed by atoms with van der Waals surface area (Å²) in [4.78, 5) is 0. The molecule has 3 atom stereocenters. The van der Waals surface area contributed by atoms with Crippen LogP contribution >= 0.6 is 0 Å². The number of aliphatic hydroxyl groups excluding tert-OH is 1. The molecule has 1 aliphatic rings. The molecular formula is C9H20N2O2. The van der Waals surface area contributed by atoms with Crippen molar-refractivity contribution in [2.45, 2.75) is 37.5 Å². The number of nitrogens with one attached hydrogen (secondary N) is 1. The highest BCUT2D eigenvalue weighted by Gasteiger charge is 2.21. The van der Waals surface area contributed by atoms with Crippen molar-refractivity contribution in [1.82, 2.24) is 5.32 Å². The van der Waals surface area contributed by atoms with Crippen LogP contribution in [0.2, 0.25) is 0 Å². The minimum Gasteiger partial charge on any atom is -0.389 e. The quantitative estimate of drug-likeness (QED) is 0.542. The Morgan fingerprint density at radius 1 is 1.62 bits per heavy atom. The maximum Gasteiger partial charge on any atom is 0.0897 e. The van der Waals surface area contributed by atoms with Crippen molar-refractivity contribution < 1.29 is 9.84 Å². The first-order valence-electron chi connectivity index (χ1n) is 4.88. The van der Waals surface area contributed by atoms with Crippen LogP contribution in [0, 0.1) is 0 Å². The Hall–Kier alpha value is -0.160. The van der Waals surface area contributed by atoms with Crippen molar-refractivity contribution in [3.63, 3.8) is 0 Å². The van der Waals surface area contributed by atoms with Crippen LogP contribution in [-0.2, 0) is 4.74 Å². The molecule has 0 aromatic rings. The third kappa shape index (κ3) is 4.04. The molecule has 0 amide bonds. The predicted octanol–water partition coefficient (Wildman–Crippen LogP) is -0.537. The zero-order valence-electron chi connectivity index (χ0n) is 8.20. The fourth-order valence-electron chi connectivity index (χ4n) is 1.76. The average Bonchev–Trinajstić information content (AvgIpc) is 2.49. The molecule has 1 fully saturated rings. The molecule has 4 nitrogen and oxygen atoms in total. The fraction of sp³-hybridized carbons (Fsp3) is 1.00. The number of nitrogens with two attached hydrogens (primary N) is 1. The Morgan fingerprint density at radius 2 is 2.38 bits per heavy atom. The van der Waals surface area contributed by atoms with Crippen LogP contribution in [0.5, 0.6) is 0 Å². The Balaban J connectivity index is 2.05. The van der Waals surface area contributed by atoms with Gasteiger partial charge >= 0.3 is 0 Å². The Bertz CT molecular complexity index is 144. The molecule has 1 aliphatic carbocycles. The first-order chi connectivity index (χ1) is 6.22. The van der Waals surface area contributed by atoms with Gasteiger partial charge in [-0.3, -0.25) is 0 Å². The molecule has 0 aromatic carbocycles. The molecule has 13 heavy (non-hydrogen) atoms. The van der Waals surface area contributed by atoms with E-state index in [9.17, 15) is 5.11 Å². The number of aliphatic hydroxyl groups is 1. The molecule has 3 unspecified atom stereocenters. The van der Waals surface area contributed by atoms with Gasteiger partial charge in [0.1, 0.15) is 0 Å². The van der Waals surface area contributed by atoms with E-state index in [4.69, 9.17) is 10.5 Å². The maximum atomic E-state index is 9.36. The number of rotatable bonds is 5. The molecule has 0 aromatic heterocycles. The van der Waals surface area contributed by atoms with Crippen LogP contribution in [0.25, 0.3) is 0 Å². The van der Waals surface area contributed by atoms with Crippen LogP contribution in [0.15, 0.2) is 0 Å². The molecule has 1 rings (SSSR count). The van der Waals surface area contributed by atoms with Gasteiger partial charge in [0.25, 0.3) is 0 Å². The summed E-state index contributed by atoms with van der Waals surface area (Å²) in [6, 6.07) is 0.832. The van der Waals surface area contributed by atoms with Gasteiger partial charge in [-0.2, -0.15) is 0 Å². The van der Waals surface area contributed by atoms with Crippen LogP contribution in [0.3, 0.4) is 0 Å². The normalized spacial score (nSPS) is 30.7. The Morgan fingerprint density at radius 3 is 2.92 bits per heavy atom. The average molecular weight is 188 g/mol. The molecule has 0 spiro atoms. The molecule has 0 aliphatic heterocycles. The highest BCUT2D eigenvalue weighted by Crippen LogP contribution is 2.16. The summed E-state index contributed by atoms with van der Waals surface area (Å²) < 4.78 is 4.83. The summed E-state index contributed by atoms with van der Waals surface area (Å²) in [6.45, 7) is 0.997. The summed E-state index contributed by atoms with van der Waals surface area (Å²) in [7, 11) is 1.59. The smallest absolute Gasteiger partial charge is 0.0897 e. The zero-order chi connectivity index (χ0) is 9.68. The number of hydrogen-bond donors (Lipinski definition) is 3. The molecule has 4 heteroatoms. The van der Waals surface area contributed by atoms with E-state index >= 15 is 0 Å². The lowest BCUT2D eigenvalue weighted by Crippen LogP contribution is -2.36. The van der Waals surface area contributed by atoms with E-state index in [2.05, 4.69) is 5.32 Å². The van der Waals surface area contributed by atoms with Gasteiger partial charge in [-0.15, -0.1) is 0 Å². The molecular weight excluding hydrogens is 168 g/mol. The monoisotopic (exact) mass is 188 g/mol. The van der Waals surface area contributed by atoms with E-state index in [0.717, 1.165) is 19.3 Å². The molecule has 0 heterocycles. The molecule has 78 valence electrons. The van der Waals surface area contributed by atoms with Crippen LogP contribution in [0.4, 0.5) is 0 Å². The summed E-state index contributed by atoms with van der Waals surface area (Å²) >= 11 is 0. The second-order valence-corrected chi connectivity index (χ2v) is 3.79. The van der Waals surface area contributed by atoms with Gasteiger partial charge < -0.3 is 20.9 Å². The number of methoxy groups -OCH3 is 1. The van der Waals surface area contributed by atoms with Crippen molar-refractivity contribution in [1.29, 1.82) is 0 Å². The first kappa shape index (κ1) is 10.9. The lowest BCUT2D eigenvalue weighted by atomic mass is 10.2. The van der Waals surface area contributed by atoms with Gasteiger partial charge in [-0.1, -0.05) is 0 Å². The van der Waals surface area contributed by atoms with Crippen LogP contribution < -0.4 is 11.1 Å². The van der Waals surface area contributed by atoms with Crippen molar-refractivity contribution in [2.75, 3.05) is 20.3 Å². The molecule has 0 radical (unpaired) electrons. The number of ether oxygens (including phenoxy) is 1. The summed E-state index contributed by atoms with van der Waals surface area (Å²) in [5.74, 6) is 0. The van der Waals surface area contributed by atoms with Gasteiger partial charge in [0.2, 0.25) is 0 Å². The topological polar surface area (TPSA) is 67.5 Å². The summed E-state index contributed by atoms with van der Waals surface area (Å²) in [6.07, 6.45) is 2.85. The predicted molar refractivity (Wildman–Crippen MR) is 51.5 cm³/mol. The van der Waals surface area contributed by atoms with Gasteiger partial charge in [0, 0.05) is 25.7 Å². The van der Waals surface area contributed by atoms with Crippen molar-refractivity contribution in [3.05, 3.63) is 0 Å². The minimum atomic E-state index is -0.401. The molecule has 0 bridgehead atoms. The summed E-state index contributed by atoms with van der Waals surface area (Å²) in [5, 5.41) is 12.6. The van der Waals surface area contributed by atoms with Gasteiger partial charge in [-0.05, 0) is 19.3 Å². The van der Waals surface area contributed by atoms with Crippen molar-refractivity contribution in [3.8, 4) is 0 Å². The molecule has 0 saturated heterocycles. The Labute approximate surface area is 79.5 Å². The number of hydrogen-bond acceptors (Lipinski definition) is 4. The zero-order valence-corrected chi connectivity index (χ0v) is 8.20. The highest BCUT2D eigenvalue weighted by molar-refractivity contribution is 4.83. The highest BCUT2D eigenvalue weighted by atomic mass is 16.5. The third-order valence-corrected chi connectivity index (χ3v) is 2.47. The van der Waals surface area contributed by atoms with Crippen LogP contribution in [-0.4, -0.2) is 43.6 Å². The fourth-order valence-corrected chi connectivity index (χ4v) is 1.76. The maximum absolute atomic E-state index is 9.36. The van der Waals surface area contributed by atoms with Crippen LogP contribution in [0.1, 0.15) is 19.3 Å².